The fourth-order valence-electron chi connectivity index (χ4n) is 0.484. The van der Waals surface area contributed by atoms with Crippen LogP contribution in [0.1, 0.15) is 6.42 Å². The number of carbonyl (C=O) groups excluding carboxylic acids is 1. The Labute approximate surface area is 50.4 Å². The number of carbonyl (C=O) groups is 2. The van der Waals surface area contributed by atoms with Crippen LogP contribution in [0.25, 0.3) is 0 Å². The second-order valence-corrected chi connectivity index (χ2v) is 1.58. The molecule has 0 fully saturated rings. The number of aliphatic carboxylic acids is 1. The lowest BCUT2D eigenvalue weighted by Gasteiger charge is -1.81. The zero-order chi connectivity index (χ0) is 6.85. The zero-order valence-corrected chi connectivity index (χ0v) is 4.42. The van der Waals surface area contributed by atoms with Crippen LogP contribution < -0.4 is 5.43 Å². The highest BCUT2D eigenvalue weighted by Gasteiger charge is 2.19. The molecule has 0 saturated carbocycles. The van der Waals surface area contributed by atoms with E-state index in [-0.39, 0.29) is 18.0 Å². The third-order valence-corrected chi connectivity index (χ3v) is 0.890. The molecule has 0 aromatic carbocycles. The second-order valence-electron chi connectivity index (χ2n) is 1.58. The average Bonchev–Trinajstić information content (AvgIpc) is 2.14. The van der Waals surface area contributed by atoms with E-state index < -0.39 is 5.97 Å². The van der Waals surface area contributed by atoms with Crippen LogP contribution in [0.15, 0.2) is 5.10 Å². The van der Waals surface area contributed by atoms with Crippen molar-refractivity contribution in [1.29, 1.82) is 0 Å². The van der Waals surface area contributed by atoms with Crippen molar-refractivity contribution in [3.63, 3.8) is 0 Å². The maximum Gasteiger partial charge on any atom is 0.352 e. The highest BCUT2D eigenvalue weighted by atomic mass is 16.4. The van der Waals surface area contributed by atoms with E-state index in [2.05, 4.69) is 5.10 Å². The topological polar surface area (TPSA) is 78.8 Å². The predicted octanol–water partition coefficient (Wildman–Crippen LogP) is -1.05. The molecule has 5 heteroatoms. The van der Waals surface area contributed by atoms with Crippen LogP contribution in [-0.4, -0.2) is 22.7 Å². The van der Waals surface area contributed by atoms with Crippen LogP contribution in [-0.2, 0) is 9.59 Å². The van der Waals surface area contributed by atoms with Crippen molar-refractivity contribution < 1.29 is 14.7 Å². The van der Waals surface area contributed by atoms with Gasteiger partial charge in [-0.1, -0.05) is 0 Å². The number of carboxylic acids is 1. The lowest BCUT2D eigenvalue weighted by Crippen LogP contribution is -2.12. The molecule has 0 aromatic heterocycles. The van der Waals surface area contributed by atoms with Gasteiger partial charge < -0.3 is 5.11 Å². The molecule has 1 heterocycles. The molecule has 1 aliphatic heterocycles. The van der Waals surface area contributed by atoms with Gasteiger partial charge in [0.15, 0.2) is 5.71 Å². The van der Waals surface area contributed by atoms with Crippen LogP contribution in [0.5, 0.6) is 0 Å². The summed E-state index contributed by atoms with van der Waals surface area (Å²) in [7, 11) is 0. The summed E-state index contributed by atoms with van der Waals surface area (Å²) < 4.78 is 0. The summed E-state index contributed by atoms with van der Waals surface area (Å²) in [4.78, 5) is 20.3. The van der Waals surface area contributed by atoms with Crippen molar-refractivity contribution in [2.24, 2.45) is 5.10 Å². The van der Waals surface area contributed by atoms with Gasteiger partial charge in [0, 0.05) is 0 Å². The third-order valence-electron chi connectivity index (χ3n) is 0.890. The summed E-state index contributed by atoms with van der Waals surface area (Å²) in [5.74, 6) is -1.51. The molecular formula is C4H4N2O3. The Bertz CT molecular complexity index is 196. The number of hydrazone groups is 1. The monoisotopic (exact) mass is 128 g/mol. The highest BCUT2D eigenvalue weighted by molar-refractivity contribution is 6.40. The number of amides is 1. The highest BCUT2D eigenvalue weighted by Crippen LogP contribution is 1.93. The van der Waals surface area contributed by atoms with Crippen molar-refractivity contribution in [2.75, 3.05) is 0 Å². The fourth-order valence-corrected chi connectivity index (χ4v) is 0.484. The van der Waals surface area contributed by atoms with Gasteiger partial charge in [-0.2, -0.15) is 5.10 Å². The molecule has 2 N–H and O–H groups in total. The molecule has 0 unspecified atom stereocenters. The van der Waals surface area contributed by atoms with E-state index in [0.29, 0.717) is 0 Å². The van der Waals surface area contributed by atoms with E-state index in [0.717, 1.165) is 0 Å². The smallest absolute Gasteiger partial charge is 0.352 e. The first-order valence-corrected chi connectivity index (χ1v) is 2.29. The molecule has 0 radical (unpaired) electrons. The fraction of sp³-hybridized carbons (Fsp3) is 0.250. The summed E-state index contributed by atoms with van der Waals surface area (Å²) in [6, 6.07) is 0. The maximum atomic E-state index is 10.3. The second kappa shape index (κ2) is 1.85. The Kier molecular flexibility index (Phi) is 1.18. The van der Waals surface area contributed by atoms with Crippen molar-refractivity contribution >= 4 is 17.6 Å². The Hall–Kier alpha value is -1.39. The van der Waals surface area contributed by atoms with Crippen molar-refractivity contribution in [1.82, 2.24) is 5.43 Å². The average molecular weight is 128 g/mol. The molecule has 1 amide bonds. The minimum Gasteiger partial charge on any atom is -0.477 e. The Morgan fingerprint density at radius 2 is 2.44 bits per heavy atom. The molecule has 0 spiro atoms. The van der Waals surface area contributed by atoms with Crippen LogP contribution in [0, 0.1) is 0 Å². The summed E-state index contributed by atoms with van der Waals surface area (Å²) in [5, 5.41) is 11.4. The Morgan fingerprint density at radius 3 is 2.67 bits per heavy atom. The number of hydrogen-bond donors (Lipinski definition) is 2. The van der Waals surface area contributed by atoms with Gasteiger partial charge in [-0.25, -0.2) is 10.2 Å². The summed E-state index contributed by atoms with van der Waals surface area (Å²) in [5.41, 5.74) is 1.89. The van der Waals surface area contributed by atoms with Gasteiger partial charge in [0.1, 0.15) is 0 Å². The molecule has 48 valence electrons. The predicted molar refractivity (Wildman–Crippen MR) is 27.8 cm³/mol. The van der Waals surface area contributed by atoms with E-state index >= 15 is 0 Å². The number of rotatable bonds is 1. The van der Waals surface area contributed by atoms with E-state index in [4.69, 9.17) is 5.11 Å². The normalized spacial score (nSPS) is 16.9. The molecule has 0 bridgehead atoms. The van der Waals surface area contributed by atoms with Crippen LogP contribution >= 0.6 is 0 Å². The van der Waals surface area contributed by atoms with E-state index in [9.17, 15) is 9.59 Å². The minimum atomic E-state index is -1.15. The molecule has 0 saturated heterocycles. The third kappa shape index (κ3) is 1.04. The largest absolute Gasteiger partial charge is 0.477 e. The lowest BCUT2D eigenvalue weighted by molar-refractivity contribution is -0.129. The van der Waals surface area contributed by atoms with Crippen LogP contribution in [0.4, 0.5) is 0 Å². The molecule has 0 aromatic rings. The molecule has 1 aliphatic rings. The molecular weight excluding hydrogens is 124 g/mol. The number of carboxylic acid groups (broad SMARTS) is 1. The molecule has 1 rings (SSSR count). The van der Waals surface area contributed by atoms with Gasteiger partial charge in [-0.3, -0.25) is 4.79 Å². The molecule has 0 atom stereocenters. The van der Waals surface area contributed by atoms with Crippen LogP contribution in [0.3, 0.4) is 0 Å². The van der Waals surface area contributed by atoms with Gasteiger partial charge in [0.2, 0.25) is 5.91 Å². The van der Waals surface area contributed by atoms with Crippen molar-refractivity contribution in [2.45, 2.75) is 6.42 Å². The van der Waals surface area contributed by atoms with Gasteiger partial charge in [0.25, 0.3) is 0 Å². The Morgan fingerprint density at radius 1 is 1.78 bits per heavy atom. The summed E-state index contributed by atoms with van der Waals surface area (Å²) in [6.07, 6.45) is -0.116. The first-order valence-electron chi connectivity index (χ1n) is 2.29. The summed E-state index contributed by atoms with van der Waals surface area (Å²) >= 11 is 0. The zero-order valence-electron chi connectivity index (χ0n) is 4.42. The number of hydrogen-bond acceptors (Lipinski definition) is 3. The first-order chi connectivity index (χ1) is 4.20. The molecule has 9 heavy (non-hydrogen) atoms. The summed E-state index contributed by atoms with van der Waals surface area (Å²) in [6.45, 7) is 0. The number of nitrogens with one attached hydrogen (secondary N) is 1. The standard InChI is InChI=1S/C4H4N2O3/c7-3-1-2(4(8)9)5-6-3/h1H2,(H,6,7)(H,8,9). The van der Waals surface area contributed by atoms with Gasteiger partial charge in [-0.15, -0.1) is 0 Å². The van der Waals surface area contributed by atoms with E-state index in [1.165, 1.54) is 0 Å². The number of nitrogens with zero attached hydrogens (tertiary/aromatic N) is 1. The van der Waals surface area contributed by atoms with E-state index in [1.54, 1.807) is 0 Å². The Balaban J connectivity index is 2.65. The van der Waals surface area contributed by atoms with Crippen molar-refractivity contribution in [3.05, 3.63) is 0 Å². The SMILES string of the molecule is O=C1CC(C(=O)O)=NN1. The van der Waals surface area contributed by atoms with Crippen molar-refractivity contribution in [3.8, 4) is 0 Å². The van der Waals surface area contributed by atoms with Gasteiger partial charge in [0.05, 0.1) is 6.42 Å². The molecule has 5 nitrogen and oxygen atoms in total. The maximum absolute atomic E-state index is 10.3. The lowest BCUT2D eigenvalue weighted by atomic mass is 10.3. The van der Waals surface area contributed by atoms with Crippen LogP contribution in [0.2, 0.25) is 0 Å². The van der Waals surface area contributed by atoms with Gasteiger partial charge in [-0.05, 0) is 0 Å². The quantitative estimate of drug-likeness (QED) is 0.472. The minimum absolute atomic E-state index is 0.116. The first kappa shape index (κ1) is 5.74. The molecule has 0 aliphatic carbocycles. The van der Waals surface area contributed by atoms with Gasteiger partial charge >= 0.3 is 5.97 Å². The van der Waals surface area contributed by atoms with E-state index in [1.807, 2.05) is 5.43 Å².